The fourth-order valence-corrected chi connectivity index (χ4v) is 3.06. The van der Waals surface area contributed by atoms with Crippen LogP contribution in [-0.4, -0.2) is 27.2 Å². The molecule has 24 heavy (non-hydrogen) atoms. The van der Waals surface area contributed by atoms with E-state index in [1.807, 2.05) is 6.92 Å². The number of aromatic amines is 1. The first-order chi connectivity index (χ1) is 11.4. The number of aromatic nitrogens is 2. The number of benzene rings is 1. The van der Waals surface area contributed by atoms with Crippen LogP contribution in [0.1, 0.15) is 28.8 Å². The molecule has 0 spiro atoms. The molecule has 0 saturated heterocycles. The van der Waals surface area contributed by atoms with Crippen molar-refractivity contribution in [3.63, 3.8) is 0 Å². The van der Waals surface area contributed by atoms with Crippen LogP contribution in [0.5, 0.6) is 0 Å². The Morgan fingerprint density at radius 2 is 2.17 bits per heavy atom. The zero-order valence-electron chi connectivity index (χ0n) is 13.5. The maximum absolute atomic E-state index is 12.2. The second-order valence-corrected chi connectivity index (χ2v) is 6.12. The number of aryl methyl sites for hydroxylation is 3. The molecule has 2 amide bonds. The van der Waals surface area contributed by atoms with Gasteiger partial charge in [0.05, 0.1) is 16.8 Å². The number of nitrogens with one attached hydrogen (secondary N) is 3. The Balaban J connectivity index is 1.67. The number of carbonyl (C=O) groups excluding carboxylic acids is 1. The Labute approximate surface area is 138 Å². The summed E-state index contributed by atoms with van der Waals surface area (Å²) in [5, 5.41) is 23.7. The van der Waals surface area contributed by atoms with E-state index in [9.17, 15) is 14.9 Å². The van der Waals surface area contributed by atoms with Gasteiger partial charge < -0.3 is 10.6 Å². The predicted octanol–water partition coefficient (Wildman–Crippen LogP) is 2.61. The van der Waals surface area contributed by atoms with Crippen LogP contribution in [0, 0.1) is 24.0 Å². The number of nitro benzene ring substituents is 1. The monoisotopic (exact) mass is 329 g/mol. The Morgan fingerprint density at radius 3 is 2.92 bits per heavy atom. The molecule has 126 valence electrons. The van der Waals surface area contributed by atoms with Crippen molar-refractivity contribution >= 4 is 17.4 Å². The zero-order valence-corrected chi connectivity index (χ0v) is 13.5. The zero-order chi connectivity index (χ0) is 17.3. The van der Waals surface area contributed by atoms with Crippen molar-refractivity contribution < 1.29 is 9.72 Å². The van der Waals surface area contributed by atoms with Crippen LogP contribution >= 0.6 is 0 Å². The van der Waals surface area contributed by atoms with Crippen molar-refractivity contribution in [3.05, 3.63) is 50.8 Å². The molecule has 1 aromatic heterocycles. The van der Waals surface area contributed by atoms with E-state index < -0.39 is 4.92 Å². The Kier molecular flexibility index (Phi) is 4.20. The largest absolute Gasteiger partial charge is 0.335 e. The number of hydrogen-bond donors (Lipinski definition) is 3. The quantitative estimate of drug-likeness (QED) is 0.593. The van der Waals surface area contributed by atoms with E-state index >= 15 is 0 Å². The minimum atomic E-state index is -0.445. The SMILES string of the molecule is Cc1cc(C)c([N+](=O)[O-])cc1NC(=O)N[C@@H]1CCc2[nH]ncc2C1. The Bertz CT molecular complexity index is 799. The summed E-state index contributed by atoms with van der Waals surface area (Å²) in [5.41, 5.74) is 4.05. The van der Waals surface area contributed by atoms with Gasteiger partial charge in [0, 0.05) is 23.4 Å². The lowest BCUT2D eigenvalue weighted by Crippen LogP contribution is -2.41. The van der Waals surface area contributed by atoms with E-state index in [0.717, 1.165) is 36.1 Å². The number of amides is 2. The lowest BCUT2D eigenvalue weighted by molar-refractivity contribution is -0.385. The molecule has 0 fully saturated rings. The minimum absolute atomic E-state index is 0.00314. The van der Waals surface area contributed by atoms with E-state index in [2.05, 4.69) is 20.8 Å². The summed E-state index contributed by atoms with van der Waals surface area (Å²) in [6.07, 6.45) is 4.19. The third kappa shape index (κ3) is 3.22. The number of hydrogen-bond acceptors (Lipinski definition) is 4. The van der Waals surface area contributed by atoms with Gasteiger partial charge in [0.15, 0.2) is 0 Å². The molecular weight excluding hydrogens is 310 g/mol. The number of nitro groups is 1. The topological polar surface area (TPSA) is 113 Å². The molecule has 1 atom stereocenters. The number of urea groups is 1. The van der Waals surface area contributed by atoms with Gasteiger partial charge in [-0.2, -0.15) is 5.10 Å². The molecule has 3 rings (SSSR count). The Morgan fingerprint density at radius 1 is 1.38 bits per heavy atom. The van der Waals surface area contributed by atoms with Gasteiger partial charge in [-0.15, -0.1) is 0 Å². The molecule has 1 aliphatic rings. The van der Waals surface area contributed by atoms with Gasteiger partial charge >= 0.3 is 6.03 Å². The average Bonchev–Trinajstić information content (AvgIpc) is 2.97. The highest BCUT2D eigenvalue weighted by molar-refractivity contribution is 5.90. The molecule has 8 nitrogen and oxygen atoms in total. The van der Waals surface area contributed by atoms with Crippen LogP contribution in [-0.2, 0) is 12.8 Å². The van der Waals surface area contributed by atoms with Crippen LogP contribution in [0.25, 0.3) is 0 Å². The molecule has 1 aromatic carbocycles. The second kappa shape index (κ2) is 6.31. The molecule has 0 bridgehead atoms. The maximum Gasteiger partial charge on any atom is 0.319 e. The van der Waals surface area contributed by atoms with Crippen LogP contribution in [0.3, 0.4) is 0 Å². The molecule has 1 aliphatic carbocycles. The number of carbonyl (C=O) groups is 1. The highest BCUT2D eigenvalue weighted by Crippen LogP contribution is 2.26. The number of anilines is 1. The number of fused-ring (bicyclic) bond motifs is 1. The smallest absolute Gasteiger partial charge is 0.319 e. The van der Waals surface area contributed by atoms with Crippen molar-refractivity contribution in [2.24, 2.45) is 0 Å². The standard InChI is InChI=1S/C16H19N5O3/c1-9-5-10(2)15(21(23)24)7-14(9)19-16(22)18-12-3-4-13-11(6-12)8-17-20-13/h5,7-8,12H,3-4,6H2,1-2H3,(H,17,20)(H2,18,19,22)/t12-/m1/s1. The van der Waals surface area contributed by atoms with Gasteiger partial charge in [-0.1, -0.05) is 0 Å². The van der Waals surface area contributed by atoms with Gasteiger partial charge in [-0.3, -0.25) is 15.2 Å². The van der Waals surface area contributed by atoms with Crippen molar-refractivity contribution in [2.75, 3.05) is 5.32 Å². The molecule has 3 N–H and O–H groups in total. The van der Waals surface area contributed by atoms with Crippen molar-refractivity contribution in [3.8, 4) is 0 Å². The lowest BCUT2D eigenvalue weighted by Gasteiger charge is -2.23. The summed E-state index contributed by atoms with van der Waals surface area (Å²) in [4.78, 5) is 22.8. The lowest BCUT2D eigenvalue weighted by atomic mass is 9.94. The van der Waals surface area contributed by atoms with Crippen LogP contribution in [0.4, 0.5) is 16.2 Å². The number of nitrogens with zero attached hydrogens (tertiary/aromatic N) is 2. The van der Waals surface area contributed by atoms with Crippen LogP contribution < -0.4 is 10.6 Å². The molecule has 0 radical (unpaired) electrons. The van der Waals surface area contributed by atoms with E-state index in [4.69, 9.17) is 0 Å². The molecule has 2 aromatic rings. The van der Waals surface area contributed by atoms with E-state index in [-0.39, 0.29) is 17.8 Å². The molecule has 8 heteroatoms. The number of rotatable bonds is 3. The number of H-pyrrole nitrogens is 1. The van der Waals surface area contributed by atoms with Gasteiger partial charge in [0.25, 0.3) is 5.69 Å². The van der Waals surface area contributed by atoms with Crippen molar-refractivity contribution in [1.29, 1.82) is 0 Å². The van der Waals surface area contributed by atoms with Crippen molar-refractivity contribution in [2.45, 2.75) is 39.2 Å². The fraction of sp³-hybridized carbons (Fsp3) is 0.375. The third-order valence-electron chi connectivity index (χ3n) is 4.34. The molecule has 0 unspecified atom stereocenters. The Hall–Kier alpha value is -2.90. The van der Waals surface area contributed by atoms with Gasteiger partial charge in [-0.25, -0.2) is 4.79 Å². The van der Waals surface area contributed by atoms with Crippen LogP contribution in [0.2, 0.25) is 0 Å². The summed E-state index contributed by atoms with van der Waals surface area (Å²) in [5.74, 6) is 0. The van der Waals surface area contributed by atoms with Gasteiger partial charge in [0.1, 0.15) is 0 Å². The fourth-order valence-electron chi connectivity index (χ4n) is 3.06. The highest BCUT2D eigenvalue weighted by atomic mass is 16.6. The van der Waals surface area contributed by atoms with Gasteiger partial charge in [-0.05, 0) is 50.3 Å². The molecule has 0 saturated carbocycles. The summed E-state index contributed by atoms with van der Waals surface area (Å²) in [6.45, 7) is 3.49. The summed E-state index contributed by atoms with van der Waals surface area (Å²) >= 11 is 0. The normalized spacial score (nSPS) is 16.3. The summed E-state index contributed by atoms with van der Waals surface area (Å²) < 4.78 is 0. The van der Waals surface area contributed by atoms with E-state index in [1.165, 1.54) is 6.07 Å². The van der Waals surface area contributed by atoms with Crippen LogP contribution in [0.15, 0.2) is 18.3 Å². The first-order valence-electron chi connectivity index (χ1n) is 7.78. The first kappa shape index (κ1) is 16.0. The van der Waals surface area contributed by atoms with E-state index in [0.29, 0.717) is 11.3 Å². The first-order valence-corrected chi connectivity index (χ1v) is 7.78. The molecule has 1 heterocycles. The average molecular weight is 329 g/mol. The summed E-state index contributed by atoms with van der Waals surface area (Å²) in [6, 6.07) is 2.77. The minimum Gasteiger partial charge on any atom is -0.335 e. The third-order valence-corrected chi connectivity index (χ3v) is 4.34. The molecular formula is C16H19N5O3. The maximum atomic E-state index is 12.2. The summed E-state index contributed by atoms with van der Waals surface area (Å²) in [7, 11) is 0. The van der Waals surface area contributed by atoms with E-state index in [1.54, 1.807) is 19.2 Å². The predicted molar refractivity (Wildman–Crippen MR) is 89.1 cm³/mol. The van der Waals surface area contributed by atoms with Crippen molar-refractivity contribution in [1.82, 2.24) is 15.5 Å². The van der Waals surface area contributed by atoms with Gasteiger partial charge in [0.2, 0.25) is 0 Å². The molecule has 0 aliphatic heterocycles. The second-order valence-electron chi connectivity index (χ2n) is 6.12. The highest BCUT2D eigenvalue weighted by Gasteiger charge is 2.22.